The van der Waals surface area contributed by atoms with Gasteiger partial charge < -0.3 is 5.32 Å². The van der Waals surface area contributed by atoms with Crippen LogP contribution in [0.3, 0.4) is 0 Å². The fraction of sp³-hybridized carbons (Fsp3) is 0. The number of benzene rings is 1. The van der Waals surface area contributed by atoms with Gasteiger partial charge in [0.15, 0.2) is 0 Å². The van der Waals surface area contributed by atoms with Gasteiger partial charge in [-0.1, -0.05) is 18.2 Å². The molecule has 0 heterocycles. The molecule has 0 spiro atoms. The van der Waals surface area contributed by atoms with E-state index in [1.807, 2.05) is 6.07 Å². The van der Waals surface area contributed by atoms with Gasteiger partial charge in [0.05, 0.1) is 0 Å². The van der Waals surface area contributed by atoms with Crippen molar-refractivity contribution in [2.45, 2.75) is 0 Å². The van der Waals surface area contributed by atoms with Crippen molar-refractivity contribution in [2.24, 2.45) is 0 Å². The van der Waals surface area contributed by atoms with Crippen LogP contribution in [0.15, 0.2) is 30.3 Å². The average molecular weight is 149 g/mol. The van der Waals surface area contributed by atoms with Gasteiger partial charge in [-0.3, -0.25) is 9.59 Å². The molecule has 0 bridgehead atoms. The third-order valence-electron chi connectivity index (χ3n) is 1.15. The molecule has 1 rings (SSSR count). The molecular formula is C8H7NO2. The predicted octanol–water partition coefficient (Wildman–Crippen LogP) is 0.824. The number of amides is 1. The van der Waals surface area contributed by atoms with Gasteiger partial charge in [0.1, 0.15) is 0 Å². The molecule has 0 fully saturated rings. The lowest BCUT2D eigenvalue weighted by atomic mass is 10.3. The Morgan fingerprint density at radius 3 is 2.45 bits per heavy atom. The van der Waals surface area contributed by atoms with E-state index in [1.54, 1.807) is 24.3 Å². The van der Waals surface area contributed by atoms with Crippen LogP contribution in [0.4, 0.5) is 5.69 Å². The molecule has 0 aliphatic carbocycles. The molecule has 0 saturated heterocycles. The van der Waals surface area contributed by atoms with Crippen LogP contribution in [-0.2, 0) is 9.59 Å². The van der Waals surface area contributed by atoms with Gasteiger partial charge in [0.25, 0.3) is 5.91 Å². The maximum Gasteiger partial charge on any atom is 0.288 e. The maximum absolute atomic E-state index is 10.5. The van der Waals surface area contributed by atoms with Gasteiger partial charge in [0.2, 0.25) is 6.29 Å². The summed E-state index contributed by atoms with van der Waals surface area (Å²) in [5, 5.41) is 2.38. The molecule has 1 N–H and O–H groups in total. The highest BCUT2D eigenvalue weighted by Gasteiger charge is 1.96. The molecule has 3 heteroatoms. The summed E-state index contributed by atoms with van der Waals surface area (Å²) < 4.78 is 0. The largest absolute Gasteiger partial charge is 0.320 e. The molecule has 0 atom stereocenters. The lowest BCUT2D eigenvalue weighted by molar-refractivity contribution is -0.127. The van der Waals surface area contributed by atoms with Crippen LogP contribution in [0.5, 0.6) is 0 Å². The second kappa shape index (κ2) is 3.51. The summed E-state index contributed by atoms with van der Waals surface area (Å²) in [4.78, 5) is 20.4. The molecule has 56 valence electrons. The molecule has 0 unspecified atom stereocenters. The van der Waals surface area contributed by atoms with Crippen LogP contribution in [0.1, 0.15) is 0 Å². The van der Waals surface area contributed by atoms with E-state index in [2.05, 4.69) is 5.32 Å². The Balaban J connectivity index is 2.65. The Kier molecular flexibility index (Phi) is 2.38. The maximum atomic E-state index is 10.5. The zero-order valence-corrected chi connectivity index (χ0v) is 5.78. The molecule has 0 aliphatic rings. The van der Waals surface area contributed by atoms with Crippen molar-refractivity contribution in [1.29, 1.82) is 0 Å². The number of carbonyl (C=O) groups is 2. The molecule has 1 amide bonds. The Morgan fingerprint density at radius 1 is 1.27 bits per heavy atom. The lowest BCUT2D eigenvalue weighted by Crippen LogP contribution is -2.11. The van der Waals surface area contributed by atoms with Crippen molar-refractivity contribution in [3.05, 3.63) is 30.3 Å². The minimum Gasteiger partial charge on any atom is -0.320 e. The smallest absolute Gasteiger partial charge is 0.288 e. The first kappa shape index (κ1) is 7.47. The molecule has 3 nitrogen and oxygen atoms in total. The molecule has 0 radical (unpaired) electrons. The van der Waals surface area contributed by atoms with E-state index in [0.29, 0.717) is 5.69 Å². The van der Waals surface area contributed by atoms with Crippen molar-refractivity contribution in [2.75, 3.05) is 5.32 Å². The van der Waals surface area contributed by atoms with Gasteiger partial charge in [-0.05, 0) is 12.1 Å². The van der Waals surface area contributed by atoms with Crippen molar-refractivity contribution in [3.8, 4) is 0 Å². The number of para-hydroxylation sites is 1. The van der Waals surface area contributed by atoms with Crippen LogP contribution in [-0.4, -0.2) is 12.2 Å². The summed E-state index contributed by atoms with van der Waals surface area (Å²) in [6.45, 7) is 0. The molecule has 1 aromatic rings. The van der Waals surface area contributed by atoms with E-state index in [9.17, 15) is 9.59 Å². The highest BCUT2D eigenvalue weighted by Crippen LogP contribution is 2.03. The molecular weight excluding hydrogens is 142 g/mol. The number of rotatable bonds is 2. The van der Waals surface area contributed by atoms with E-state index >= 15 is 0 Å². The van der Waals surface area contributed by atoms with Crippen molar-refractivity contribution >= 4 is 17.9 Å². The molecule has 0 saturated carbocycles. The van der Waals surface area contributed by atoms with Crippen molar-refractivity contribution < 1.29 is 9.59 Å². The highest BCUT2D eigenvalue weighted by molar-refractivity contribution is 6.29. The summed E-state index contributed by atoms with van der Waals surface area (Å²) in [5.41, 5.74) is 0.629. The summed E-state index contributed by atoms with van der Waals surface area (Å²) in [5.74, 6) is -0.629. The summed E-state index contributed by atoms with van der Waals surface area (Å²) in [6, 6.07) is 8.81. The fourth-order valence-corrected chi connectivity index (χ4v) is 0.693. The second-order valence-corrected chi connectivity index (χ2v) is 1.97. The molecule has 0 aliphatic heterocycles. The summed E-state index contributed by atoms with van der Waals surface area (Å²) >= 11 is 0. The van der Waals surface area contributed by atoms with Crippen LogP contribution in [0, 0.1) is 0 Å². The van der Waals surface area contributed by atoms with Crippen LogP contribution in [0.25, 0.3) is 0 Å². The highest BCUT2D eigenvalue weighted by atomic mass is 16.2. The van der Waals surface area contributed by atoms with Crippen molar-refractivity contribution in [1.82, 2.24) is 0 Å². The van der Waals surface area contributed by atoms with Crippen molar-refractivity contribution in [3.63, 3.8) is 0 Å². The topological polar surface area (TPSA) is 46.2 Å². The number of hydrogen-bond donors (Lipinski definition) is 1. The number of nitrogens with one attached hydrogen (secondary N) is 1. The Bertz CT molecular complexity index is 256. The summed E-state index contributed by atoms with van der Waals surface area (Å²) in [6.07, 6.45) is 0.243. The van der Waals surface area contributed by atoms with Crippen LogP contribution < -0.4 is 5.32 Å². The number of carbonyl (C=O) groups excluding carboxylic acids is 2. The van der Waals surface area contributed by atoms with Gasteiger partial charge >= 0.3 is 0 Å². The number of anilines is 1. The predicted molar refractivity (Wildman–Crippen MR) is 41.1 cm³/mol. The van der Waals surface area contributed by atoms with E-state index in [-0.39, 0.29) is 6.29 Å². The Morgan fingerprint density at radius 2 is 1.91 bits per heavy atom. The normalized spacial score (nSPS) is 8.73. The van der Waals surface area contributed by atoms with Gasteiger partial charge in [0, 0.05) is 5.69 Å². The van der Waals surface area contributed by atoms with Crippen LogP contribution in [0.2, 0.25) is 0 Å². The first-order chi connectivity index (χ1) is 5.33. The minimum atomic E-state index is -0.629. The molecule has 1 aromatic carbocycles. The Hall–Kier alpha value is -1.64. The number of hydrogen-bond acceptors (Lipinski definition) is 2. The number of aldehydes is 1. The van der Waals surface area contributed by atoms with E-state index in [1.165, 1.54) is 0 Å². The molecule has 11 heavy (non-hydrogen) atoms. The first-order valence-electron chi connectivity index (χ1n) is 3.14. The van der Waals surface area contributed by atoms with Crippen LogP contribution >= 0.6 is 0 Å². The minimum absolute atomic E-state index is 0.243. The van der Waals surface area contributed by atoms with Gasteiger partial charge in [-0.25, -0.2) is 0 Å². The first-order valence-corrected chi connectivity index (χ1v) is 3.14. The molecule has 0 aromatic heterocycles. The zero-order valence-electron chi connectivity index (χ0n) is 5.78. The second-order valence-electron chi connectivity index (χ2n) is 1.97. The van der Waals surface area contributed by atoms with E-state index < -0.39 is 5.91 Å². The lowest BCUT2D eigenvalue weighted by Gasteiger charge is -1.97. The van der Waals surface area contributed by atoms with E-state index in [0.717, 1.165) is 0 Å². The quantitative estimate of drug-likeness (QED) is 0.500. The SMILES string of the molecule is O=CC(=O)Nc1ccccc1. The monoisotopic (exact) mass is 149 g/mol. The van der Waals surface area contributed by atoms with Gasteiger partial charge in [-0.15, -0.1) is 0 Å². The Labute approximate surface area is 64.0 Å². The average Bonchev–Trinajstić information content (AvgIpc) is 2.06. The van der Waals surface area contributed by atoms with E-state index in [4.69, 9.17) is 0 Å². The third kappa shape index (κ3) is 2.21. The fourth-order valence-electron chi connectivity index (χ4n) is 0.693. The standard InChI is InChI=1S/C8H7NO2/c10-6-8(11)9-7-4-2-1-3-5-7/h1-6H,(H,9,11). The zero-order chi connectivity index (χ0) is 8.10. The third-order valence-corrected chi connectivity index (χ3v) is 1.15. The summed E-state index contributed by atoms with van der Waals surface area (Å²) in [7, 11) is 0. The van der Waals surface area contributed by atoms with Gasteiger partial charge in [-0.2, -0.15) is 0 Å².